The summed E-state index contributed by atoms with van der Waals surface area (Å²) < 4.78 is 4.01. The summed E-state index contributed by atoms with van der Waals surface area (Å²) in [5, 5.41) is 3.19. The molecular weight excluding hydrogens is 337 g/mol. The first kappa shape index (κ1) is 16.4. The lowest BCUT2D eigenvalue weighted by atomic mass is 10.1. The molecule has 1 aliphatic rings. The molecule has 1 amide bonds. The molecule has 1 saturated carbocycles. The van der Waals surface area contributed by atoms with Crippen molar-refractivity contribution in [1.82, 2.24) is 0 Å². The second kappa shape index (κ2) is 5.67. The molecular formula is C14H14Cl3NO3. The van der Waals surface area contributed by atoms with Crippen LogP contribution in [0.25, 0.3) is 0 Å². The summed E-state index contributed by atoms with van der Waals surface area (Å²) in [5.41, 5.74) is -0.390. The Bertz CT molecular complexity index is 573. The lowest BCUT2D eigenvalue weighted by Crippen LogP contribution is -2.33. The van der Waals surface area contributed by atoms with E-state index >= 15 is 0 Å². The molecule has 0 radical (unpaired) electrons. The van der Waals surface area contributed by atoms with E-state index in [0.29, 0.717) is 17.1 Å². The molecule has 0 aliphatic heterocycles. The van der Waals surface area contributed by atoms with Crippen LogP contribution in [0.3, 0.4) is 0 Å². The standard InChI is InChI=1S/C14H14Cl3NO3/c1-8(21-12(20)13(2)7-14(13,16)17)11(19)18-10-5-3-9(15)4-6-10/h3-6,8H,7H2,1-2H3,(H,18,19)/t8-,13-/m0/s1. The number of carbonyl (C=O) groups excluding carboxylic acids is 2. The van der Waals surface area contributed by atoms with Crippen molar-refractivity contribution < 1.29 is 14.3 Å². The maximum absolute atomic E-state index is 12.0. The van der Waals surface area contributed by atoms with Gasteiger partial charge < -0.3 is 10.1 Å². The summed E-state index contributed by atoms with van der Waals surface area (Å²) in [6.45, 7) is 3.10. The van der Waals surface area contributed by atoms with Gasteiger partial charge in [0.05, 0.1) is 0 Å². The van der Waals surface area contributed by atoms with Crippen LogP contribution in [-0.4, -0.2) is 22.3 Å². The van der Waals surface area contributed by atoms with Gasteiger partial charge in [0.25, 0.3) is 5.91 Å². The number of hydrogen-bond donors (Lipinski definition) is 1. The van der Waals surface area contributed by atoms with Crippen molar-refractivity contribution in [2.24, 2.45) is 5.41 Å². The Hall–Kier alpha value is -0.970. The van der Waals surface area contributed by atoms with Gasteiger partial charge in [-0.25, -0.2) is 0 Å². The van der Waals surface area contributed by atoms with E-state index in [2.05, 4.69) is 5.32 Å². The molecule has 1 aromatic rings. The maximum atomic E-state index is 12.0. The van der Waals surface area contributed by atoms with Gasteiger partial charge in [-0.2, -0.15) is 0 Å². The minimum atomic E-state index is -1.11. The third-order valence-corrected chi connectivity index (χ3v) is 4.83. The minimum Gasteiger partial charge on any atom is -0.452 e. The molecule has 0 saturated heterocycles. The second-order valence-electron chi connectivity index (χ2n) is 5.26. The Labute approximate surface area is 137 Å². The molecule has 0 heterocycles. The van der Waals surface area contributed by atoms with Gasteiger partial charge in [-0.15, -0.1) is 23.2 Å². The highest BCUT2D eigenvalue weighted by Gasteiger charge is 2.69. The van der Waals surface area contributed by atoms with Gasteiger partial charge in [-0.3, -0.25) is 9.59 Å². The molecule has 1 aromatic carbocycles. The number of amides is 1. The normalized spacial score (nSPS) is 24.0. The van der Waals surface area contributed by atoms with Crippen molar-refractivity contribution in [3.63, 3.8) is 0 Å². The van der Waals surface area contributed by atoms with Gasteiger partial charge in [0.2, 0.25) is 0 Å². The van der Waals surface area contributed by atoms with Gasteiger partial charge in [0.1, 0.15) is 9.75 Å². The Kier molecular flexibility index (Phi) is 4.43. The molecule has 1 fully saturated rings. The van der Waals surface area contributed by atoms with Crippen molar-refractivity contribution in [2.45, 2.75) is 30.7 Å². The lowest BCUT2D eigenvalue weighted by molar-refractivity contribution is -0.158. The van der Waals surface area contributed by atoms with Gasteiger partial charge in [0.15, 0.2) is 6.10 Å². The molecule has 0 aromatic heterocycles. The number of nitrogens with one attached hydrogen (secondary N) is 1. The number of alkyl halides is 2. The zero-order chi connectivity index (χ0) is 15.8. The molecule has 0 spiro atoms. The highest BCUT2D eigenvalue weighted by atomic mass is 35.5. The van der Waals surface area contributed by atoms with Crippen molar-refractivity contribution in [3.05, 3.63) is 29.3 Å². The smallest absolute Gasteiger partial charge is 0.315 e. The summed E-state index contributed by atoms with van der Waals surface area (Å²) in [5.74, 6) is -1.02. The van der Waals surface area contributed by atoms with Gasteiger partial charge >= 0.3 is 5.97 Å². The van der Waals surface area contributed by atoms with E-state index < -0.39 is 27.7 Å². The molecule has 2 atom stereocenters. The fourth-order valence-electron chi connectivity index (χ4n) is 1.74. The van der Waals surface area contributed by atoms with Crippen LogP contribution in [0, 0.1) is 5.41 Å². The lowest BCUT2D eigenvalue weighted by Gasteiger charge is -2.17. The Balaban J connectivity index is 1.91. The van der Waals surface area contributed by atoms with Crippen LogP contribution in [0.15, 0.2) is 24.3 Å². The van der Waals surface area contributed by atoms with Crippen LogP contribution in [0.1, 0.15) is 20.3 Å². The summed E-state index contributed by atoms with van der Waals surface area (Å²) in [7, 11) is 0. The number of ether oxygens (including phenoxy) is 1. The van der Waals surface area contributed by atoms with Crippen LogP contribution in [0.5, 0.6) is 0 Å². The summed E-state index contributed by atoms with van der Waals surface area (Å²) >= 11 is 17.6. The van der Waals surface area contributed by atoms with Crippen LogP contribution < -0.4 is 5.32 Å². The van der Waals surface area contributed by atoms with Crippen molar-refractivity contribution in [1.29, 1.82) is 0 Å². The monoisotopic (exact) mass is 349 g/mol. The van der Waals surface area contributed by atoms with Gasteiger partial charge in [-0.1, -0.05) is 11.6 Å². The first-order valence-electron chi connectivity index (χ1n) is 6.31. The van der Waals surface area contributed by atoms with E-state index in [-0.39, 0.29) is 0 Å². The summed E-state index contributed by atoms with van der Waals surface area (Å²) in [6.07, 6.45) is -0.636. The van der Waals surface area contributed by atoms with Gasteiger partial charge in [-0.05, 0) is 38.1 Å². The van der Waals surface area contributed by atoms with E-state index in [1.165, 1.54) is 6.92 Å². The number of hydrogen-bond acceptors (Lipinski definition) is 3. The zero-order valence-electron chi connectivity index (χ0n) is 11.5. The van der Waals surface area contributed by atoms with Gasteiger partial charge in [0, 0.05) is 17.1 Å². The number of anilines is 1. The minimum absolute atomic E-state index is 0.313. The molecule has 7 heteroatoms. The first-order valence-corrected chi connectivity index (χ1v) is 7.44. The Morgan fingerprint density at radius 1 is 1.29 bits per heavy atom. The number of esters is 1. The molecule has 4 nitrogen and oxygen atoms in total. The van der Waals surface area contributed by atoms with Crippen molar-refractivity contribution >= 4 is 52.4 Å². The predicted molar refractivity (Wildman–Crippen MR) is 82.8 cm³/mol. The van der Waals surface area contributed by atoms with E-state index in [0.717, 1.165) is 0 Å². The summed E-state index contributed by atoms with van der Waals surface area (Å²) in [4.78, 5) is 23.9. The Morgan fingerprint density at radius 2 is 1.81 bits per heavy atom. The van der Waals surface area contributed by atoms with E-state index in [1.807, 2.05) is 0 Å². The van der Waals surface area contributed by atoms with Crippen LogP contribution in [-0.2, 0) is 14.3 Å². The van der Waals surface area contributed by atoms with Crippen LogP contribution in [0.4, 0.5) is 5.69 Å². The largest absolute Gasteiger partial charge is 0.452 e. The van der Waals surface area contributed by atoms with E-state index in [9.17, 15) is 9.59 Å². The zero-order valence-corrected chi connectivity index (χ0v) is 13.7. The number of carbonyl (C=O) groups is 2. The molecule has 2 rings (SSSR count). The third kappa shape index (κ3) is 3.44. The maximum Gasteiger partial charge on any atom is 0.315 e. The number of rotatable bonds is 4. The topological polar surface area (TPSA) is 55.4 Å². The number of benzene rings is 1. The fraction of sp³-hybridized carbons (Fsp3) is 0.429. The highest BCUT2D eigenvalue weighted by Crippen LogP contribution is 2.64. The van der Waals surface area contributed by atoms with E-state index in [1.54, 1.807) is 31.2 Å². The number of halogens is 3. The van der Waals surface area contributed by atoms with Crippen LogP contribution in [0.2, 0.25) is 5.02 Å². The fourth-order valence-corrected chi connectivity index (χ4v) is 2.56. The van der Waals surface area contributed by atoms with E-state index in [4.69, 9.17) is 39.5 Å². The van der Waals surface area contributed by atoms with Crippen LogP contribution >= 0.6 is 34.8 Å². The molecule has 21 heavy (non-hydrogen) atoms. The Morgan fingerprint density at radius 3 is 2.29 bits per heavy atom. The average molecular weight is 351 g/mol. The van der Waals surface area contributed by atoms with Crippen molar-refractivity contribution in [3.8, 4) is 0 Å². The summed E-state index contributed by atoms with van der Waals surface area (Å²) in [6, 6.07) is 6.60. The first-order chi connectivity index (χ1) is 9.65. The second-order valence-corrected chi connectivity index (χ2v) is 7.18. The predicted octanol–water partition coefficient (Wildman–Crippen LogP) is 3.79. The van der Waals surface area contributed by atoms with Crippen molar-refractivity contribution in [2.75, 3.05) is 5.32 Å². The average Bonchev–Trinajstić information content (AvgIpc) is 2.92. The highest BCUT2D eigenvalue weighted by molar-refractivity contribution is 6.53. The molecule has 114 valence electrons. The quantitative estimate of drug-likeness (QED) is 0.664. The molecule has 1 aliphatic carbocycles. The molecule has 0 unspecified atom stereocenters. The SMILES string of the molecule is C[C@H](OC(=O)[C@]1(C)CC1(Cl)Cl)C(=O)Nc1ccc(Cl)cc1. The molecule has 0 bridgehead atoms. The third-order valence-electron chi connectivity index (χ3n) is 3.47. The molecule has 1 N–H and O–H groups in total.